The molecule has 0 saturated carbocycles. The molecular formula is C27H33Br3N6O5S3. The van der Waals surface area contributed by atoms with Gasteiger partial charge in [-0.3, -0.25) is 5.32 Å². The maximum atomic E-state index is 12.5. The summed E-state index contributed by atoms with van der Waals surface area (Å²) in [5, 5.41) is 4.24. The lowest BCUT2D eigenvalue weighted by atomic mass is 10.2. The van der Waals surface area contributed by atoms with Crippen LogP contribution in [0.15, 0.2) is 54.2 Å². The zero-order valence-corrected chi connectivity index (χ0v) is 32.2. The van der Waals surface area contributed by atoms with E-state index in [1.54, 1.807) is 25.7 Å². The number of hydrogen-bond donors (Lipinski definition) is 2. The molecule has 0 bridgehead atoms. The number of ether oxygens (including phenoxy) is 3. The quantitative estimate of drug-likeness (QED) is 0.201. The Morgan fingerprint density at radius 3 is 1.80 bits per heavy atom. The molecule has 0 unspecified atom stereocenters. The monoisotopic (exact) mass is 854 g/mol. The molecule has 4 aromatic rings. The average Bonchev–Trinajstić information content (AvgIpc) is 3.62. The van der Waals surface area contributed by atoms with Crippen molar-refractivity contribution in [2.24, 2.45) is 0 Å². The molecule has 0 aliphatic carbocycles. The standard InChI is InChI=1S/C16H19BrN2O3S.C8H11BrN2O2S.C3H3BrN2S/c1-16(2,3)22-15(20)19(14-18-9-13(17)23-14)10-11-5-7-12(21-4)8-6-11;1-8(2,3)13-7(12)11-6-10-4-5(9)14-6;4-2-1-6-3(5)7-2/h5-9H,10H2,1-4H3;4H,1-3H3,(H,10,11,12);1H,(H2,5,6). The molecular weight excluding hydrogens is 824 g/mol. The number of aromatic nitrogens is 3. The molecule has 11 nitrogen and oxygen atoms in total. The van der Waals surface area contributed by atoms with Gasteiger partial charge in [-0.1, -0.05) is 46.1 Å². The zero-order chi connectivity index (χ0) is 33.1. The summed E-state index contributed by atoms with van der Waals surface area (Å²) in [6.45, 7) is 11.3. The van der Waals surface area contributed by atoms with E-state index < -0.39 is 23.4 Å². The van der Waals surface area contributed by atoms with Crippen molar-refractivity contribution in [2.45, 2.75) is 59.3 Å². The van der Waals surface area contributed by atoms with Crippen LogP contribution < -0.4 is 20.7 Å². The van der Waals surface area contributed by atoms with Crippen LogP contribution in [-0.2, 0) is 16.0 Å². The van der Waals surface area contributed by atoms with E-state index in [0.29, 0.717) is 21.9 Å². The molecule has 0 aliphatic rings. The Kier molecular flexibility index (Phi) is 15.0. The number of methoxy groups -OCH3 is 1. The molecule has 0 spiro atoms. The van der Waals surface area contributed by atoms with Crippen LogP contribution in [0.1, 0.15) is 47.1 Å². The second-order valence-electron chi connectivity index (χ2n) is 10.5. The van der Waals surface area contributed by atoms with Gasteiger partial charge in [0.2, 0.25) is 0 Å². The number of thiazole rings is 3. The van der Waals surface area contributed by atoms with Crippen LogP contribution in [-0.4, -0.2) is 45.5 Å². The van der Waals surface area contributed by atoms with Crippen molar-refractivity contribution in [3.8, 4) is 5.75 Å². The van der Waals surface area contributed by atoms with Crippen LogP contribution in [0.25, 0.3) is 0 Å². The van der Waals surface area contributed by atoms with Gasteiger partial charge in [0.15, 0.2) is 15.4 Å². The first-order valence-corrected chi connectivity index (χ1v) is 17.5. The smallest absolute Gasteiger partial charge is 0.416 e. The first-order valence-electron chi connectivity index (χ1n) is 12.7. The minimum absolute atomic E-state index is 0.374. The van der Waals surface area contributed by atoms with Crippen molar-refractivity contribution < 1.29 is 23.8 Å². The van der Waals surface area contributed by atoms with E-state index in [0.717, 1.165) is 22.7 Å². The SMILES string of the molecule is CC(C)(C)OC(=O)Nc1ncc(Br)s1.COc1ccc(CN(C(=O)OC(C)(C)C)c2ncc(Br)s2)cc1.Nc1ncc(Br)s1. The molecule has 3 heterocycles. The number of hydrogen-bond acceptors (Lipinski definition) is 12. The molecule has 17 heteroatoms. The second kappa shape index (κ2) is 17.4. The molecule has 3 aromatic heterocycles. The number of carbonyl (C=O) groups excluding carboxylic acids is 2. The summed E-state index contributed by atoms with van der Waals surface area (Å²) in [6.07, 6.45) is 4.07. The van der Waals surface area contributed by atoms with Crippen LogP contribution in [0.3, 0.4) is 0 Å². The van der Waals surface area contributed by atoms with Crippen LogP contribution in [0.2, 0.25) is 0 Å². The Balaban J connectivity index is 0.000000270. The Morgan fingerprint density at radius 1 is 0.841 bits per heavy atom. The first-order chi connectivity index (χ1) is 20.4. The summed E-state index contributed by atoms with van der Waals surface area (Å²) >= 11 is 14.0. The average molecular weight is 858 g/mol. The van der Waals surface area contributed by atoms with Gasteiger partial charge in [-0.25, -0.2) is 29.4 Å². The van der Waals surface area contributed by atoms with Crippen LogP contribution in [0, 0.1) is 0 Å². The van der Waals surface area contributed by atoms with E-state index >= 15 is 0 Å². The van der Waals surface area contributed by atoms with Gasteiger partial charge in [-0.05, 0) is 107 Å². The number of amides is 2. The van der Waals surface area contributed by atoms with Gasteiger partial charge < -0.3 is 19.9 Å². The Bertz CT molecular complexity index is 1470. The number of nitrogens with one attached hydrogen (secondary N) is 1. The molecule has 2 amide bonds. The number of nitrogens with two attached hydrogens (primary N) is 1. The summed E-state index contributed by atoms with van der Waals surface area (Å²) in [7, 11) is 1.62. The van der Waals surface area contributed by atoms with Gasteiger partial charge in [0.25, 0.3) is 0 Å². The maximum Gasteiger partial charge on any atom is 0.416 e. The molecule has 0 radical (unpaired) electrons. The predicted octanol–water partition coefficient (Wildman–Crippen LogP) is 9.60. The Morgan fingerprint density at radius 2 is 1.39 bits per heavy atom. The second-order valence-corrected chi connectivity index (χ2v) is 17.7. The predicted molar refractivity (Wildman–Crippen MR) is 189 cm³/mol. The normalized spacial score (nSPS) is 10.9. The highest BCUT2D eigenvalue weighted by Gasteiger charge is 2.25. The van der Waals surface area contributed by atoms with Gasteiger partial charge >= 0.3 is 12.2 Å². The highest BCUT2D eigenvalue weighted by Crippen LogP contribution is 2.29. The lowest BCUT2D eigenvalue weighted by Crippen LogP contribution is -2.36. The highest BCUT2D eigenvalue weighted by atomic mass is 79.9. The van der Waals surface area contributed by atoms with Crippen molar-refractivity contribution >= 4 is 109 Å². The molecule has 3 N–H and O–H groups in total. The lowest BCUT2D eigenvalue weighted by Gasteiger charge is -2.25. The van der Waals surface area contributed by atoms with Crippen molar-refractivity contribution in [3.63, 3.8) is 0 Å². The third kappa shape index (κ3) is 15.1. The van der Waals surface area contributed by atoms with Gasteiger partial charge in [0, 0.05) is 0 Å². The van der Waals surface area contributed by atoms with E-state index in [9.17, 15) is 9.59 Å². The van der Waals surface area contributed by atoms with Crippen LogP contribution in [0.4, 0.5) is 25.0 Å². The Labute approximate surface area is 293 Å². The molecule has 240 valence electrons. The molecule has 0 atom stereocenters. The molecule has 0 fully saturated rings. The largest absolute Gasteiger partial charge is 0.497 e. The topological polar surface area (TPSA) is 142 Å². The number of rotatable bonds is 5. The van der Waals surface area contributed by atoms with Crippen molar-refractivity contribution in [1.82, 2.24) is 15.0 Å². The van der Waals surface area contributed by atoms with E-state index in [1.165, 1.54) is 38.9 Å². The van der Waals surface area contributed by atoms with Crippen molar-refractivity contribution in [1.29, 1.82) is 0 Å². The molecule has 4 rings (SSSR count). The van der Waals surface area contributed by atoms with Gasteiger partial charge in [-0.15, -0.1) is 0 Å². The van der Waals surface area contributed by atoms with Crippen LogP contribution >= 0.6 is 81.8 Å². The number of nitrogens with zero attached hydrogens (tertiary/aromatic N) is 4. The zero-order valence-electron chi connectivity index (χ0n) is 25.0. The van der Waals surface area contributed by atoms with Crippen LogP contribution in [0.5, 0.6) is 5.75 Å². The highest BCUT2D eigenvalue weighted by molar-refractivity contribution is 9.11. The summed E-state index contributed by atoms with van der Waals surface area (Å²) in [6, 6.07) is 7.55. The van der Waals surface area contributed by atoms with E-state index in [-0.39, 0.29) is 0 Å². The first kappa shape index (κ1) is 37.9. The number of carbonyl (C=O) groups is 2. The maximum absolute atomic E-state index is 12.5. The molecule has 0 aliphatic heterocycles. The summed E-state index contributed by atoms with van der Waals surface area (Å²) in [4.78, 5) is 37.3. The van der Waals surface area contributed by atoms with E-state index in [2.05, 4.69) is 68.1 Å². The van der Waals surface area contributed by atoms with Gasteiger partial charge in [0.1, 0.15) is 17.0 Å². The van der Waals surface area contributed by atoms with Gasteiger partial charge in [0.05, 0.1) is 43.6 Å². The summed E-state index contributed by atoms with van der Waals surface area (Å²) in [5.74, 6) is 0.773. The van der Waals surface area contributed by atoms with Crippen molar-refractivity contribution in [3.05, 3.63) is 59.8 Å². The number of benzene rings is 1. The third-order valence-corrected chi connectivity index (χ3v) is 8.59. The van der Waals surface area contributed by atoms with E-state index in [4.69, 9.17) is 19.9 Å². The lowest BCUT2D eigenvalue weighted by molar-refractivity contribution is 0.0575. The third-order valence-electron chi connectivity index (χ3n) is 4.39. The van der Waals surface area contributed by atoms with E-state index in [1.807, 2.05) is 65.8 Å². The van der Waals surface area contributed by atoms with Crippen molar-refractivity contribution in [2.75, 3.05) is 23.1 Å². The molecule has 1 aromatic carbocycles. The van der Waals surface area contributed by atoms with Gasteiger partial charge in [-0.2, -0.15) is 0 Å². The fourth-order valence-corrected chi connectivity index (χ4v) is 6.06. The summed E-state index contributed by atoms with van der Waals surface area (Å²) in [5.41, 5.74) is 5.16. The molecule has 44 heavy (non-hydrogen) atoms. The fraction of sp³-hybridized carbons (Fsp3) is 0.370. The Hall–Kier alpha value is -2.31. The minimum atomic E-state index is -0.566. The number of anilines is 3. The fourth-order valence-electron chi connectivity index (χ4n) is 2.78. The summed E-state index contributed by atoms with van der Waals surface area (Å²) < 4.78 is 18.4. The number of nitrogen functional groups attached to an aromatic ring is 1. The minimum Gasteiger partial charge on any atom is -0.497 e. The molecule has 0 saturated heterocycles. The number of halogens is 3.